The fraction of sp³-hybridized carbons (Fsp3) is 0.250. The zero-order chi connectivity index (χ0) is 11.0. The van der Waals surface area contributed by atoms with Gasteiger partial charge in [0.15, 0.2) is 0 Å². The molecule has 1 aromatic carbocycles. The molecule has 0 aliphatic rings. The predicted molar refractivity (Wildman–Crippen MR) is 57.0 cm³/mol. The van der Waals surface area contributed by atoms with Crippen LogP contribution in [0, 0.1) is 13.8 Å². The Morgan fingerprint density at radius 1 is 1.33 bits per heavy atom. The number of furan rings is 1. The van der Waals surface area contributed by atoms with Gasteiger partial charge in [0.2, 0.25) is 0 Å². The minimum absolute atomic E-state index is 0.324. The summed E-state index contributed by atoms with van der Waals surface area (Å²) in [7, 11) is 1.38. The highest BCUT2D eigenvalue weighted by Gasteiger charge is 2.11. The summed E-state index contributed by atoms with van der Waals surface area (Å²) >= 11 is 0. The smallest absolute Gasteiger partial charge is 0.337 e. The summed E-state index contributed by atoms with van der Waals surface area (Å²) in [5, 5.41) is 0.968. The lowest BCUT2D eigenvalue weighted by atomic mass is 10.1. The van der Waals surface area contributed by atoms with Gasteiger partial charge in [-0.25, -0.2) is 4.79 Å². The zero-order valence-electron chi connectivity index (χ0n) is 8.96. The summed E-state index contributed by atoms with van der Waals surface area (Å²) in [5.74, 6) is 0.558. The second-order valence-corrected chi connectivity index (χ2v) is 3.49. The second-order valence-electron chi connectivity index (χ2n) is 3.49. The Morgan fingerprint density at radius 2 is 2.07 bits per heavy atom. The predicted octanol–water partition coefficient (Wildman–Crippen LogP) is 2.84. The Hall–Kier alpha value is -1.77. The molecule has 0 aliphatic carbocycles. The molecule has 0 spiro atoms. The summed E-state index contributed by atoms with van der Waals surface area (Å²) in [4.78, 5) is 11.3. The molecule has 2 rings (SSSR count). The Kier molecular flexibility index (Phi) is 2.23. The number of benzene rings is 1. The molecule has 0 atom stereocenters. The Labute approximate surface area is 87.6 Å². The highest BCUT2D eigenvalue weighted by molar-refractivity contribution is 5.95. The van der Waals surface area contributed by atoms with Crippen molar-refractivity contribution in [1.29, 1.82) is 0 Å². The lowest BCUT2D eigenvalue weighted by molar-refractivity contribution is 0.0601. The lowest BCUT2D eigenvalue weighted by Gasteiger charge is -1.98. The van der Waals surface area contributed by atoms with E-state index < -0.39 is 0 Å². The van der Waals surface area contributed by atoms with E-state index in [1.807, 2.05) is 13.8 Å². The number of carbonyl (C=O) groups excluding carboxylic acids is 1. The highest BCUT2D eigenvalue weighted by atomic mass is 16.5. The van der Waals surface area contributed by atoms with Crippen molar-refractivity contribution in [2.75, 3.05) is 7.11 Å². The van der Waals surface area contributed by atoms with E-state index in [2.05, 4.69) is 4.74 Å². The van der Waals surface area contributed by atoms with Gasteiger partial charge in [0.25, 0.3) is 0 Å². The fourth-order valence-corrected chi connectivity index (χ4v) is 1.59. The van der Waals surface area contributed by atoms with E-state index in [1.54, 1.807) is 18.2 Å². The quantitative estimate of drug-likeness (QED) is 0.670. The van der Waals surface area contributed by atoms with Crippen LogP contribution in [0.1, 0.15) is 21.7 Å². The van der Waals surface area contributed by atoms with E-state index in [0.717, 1.165) is 22.3 Å². The lowest BCUT2D eigenvalue weighted by Crippen LogP contribution is -2.00. The van der Waals surface area contributed by atoms with Gasteiger partial charge in [-0.2, -0.15) is 0 Å². The van der Waals surface area contributed by atoms with Gasteiger partial charge in [0.05, 0.1) is 12.7 Å². The highest BCUT2D eigenvalue weighted by Crippen LogP contribution is 2.25. The number of hydrogen-bond acceptors (Lipinski definition) is 3. The van der Waals surface area contributed by atoms with Gasteiger partial charge in [-0.15, -0.1) is 0 Å². The van der Waals surface area contributed by atoms with Crippen LogP contribution in [0.5, 0.6) is 0 Å². The van der Waals surface area contributed by atoms with Gasteiger partial charge >= 0.3 is 5.97 Å². The third kappa shape index (κ3) is 1.50. The number of aryl methyl sites for hydroxylation is 2. The SMILES string of the molecule is COC(=O)c1ccc2oc(C)c(C)c2c1. The van der Waals surface area contributed by atoms with Crippen LogP contribution in [-0.4, -0.2) is 13.1 Å². The maximum absolute atomic E-state index is 11.3. The molecule has 2 aromatic rings. The number of esters is 1. The largest absolute Gasteiger partial charge is 0.465 e. The van der Waals surface area contributed by atoms with Crippen molar-refractivity contribution in [2.45, 2.75) is 13.8 Å². The van der Waals surface area contributed by atoms with E-state index >= 15 is 0 Å². The van der Waals surface area contributed by atoms with Gasteiger partial charge < -0.3 is 9.15 Å². The molecule has 78 valence electrons. The number of hydrogen-bond donors (Lipinski definition) is 0. The molecule has 0 aliphatic heterocycles. The summed E-state index contributed by atoms with van der Waals surface area (Å²) in [6.45, 7) is 3.88. The maximum Gasteiger partial charge on any atom is 0.337 e. The molecule has 0 amide bonds. The van der Waals surface area contributed by atoms with E-state index in [-0.39, 0.29) is 5.97 Å². The number of fused-ring (bicyclic) bond motifs is 1. The van der Waals surface area contributed by atoms with Crippen LogP contribution in [0.25, 0.3) is 11.0 Å². The van der Waals surface area contributed by atoms with Gasteiger partial charge in [0, 0.05) is 5.39 Å². The summed E-state index contributed by atoms with van der Waals surface area (Å²) in [6.07, 6.45) is 0. The maximum atomic E-state index is 11.3. The molecule has 3 heteroatoms. The van der Waals surface area contributed by atoms with E-state index in [0.29, 0.717) is 5.56 Å². The fourth-order valence-electron chi connectivity index (χ4n) is 1.59. The minimum Gasteiger partial charge on any atom is -0.465 e. The molecule has 0 saturated heterocycles. The summed E-state index contributed by atoms with van der Waals surface area (Å²) < 4.78 is 10.2. The average Bonchev–Trinajstić information content (AvgIpc) is 2.54. The van der Waals surface area contributed by atoms with E-state index in [9.17, 15) is 4.79 Å². The van der Waals surface area contributed by atoms with Crippen LogP contribution in [0.2, 0.25) is 0 Å². The Morgan fingerprint density at radius 3 is 2.73 bits per heavy atom. The number of carbonyl (C=O) groups is 1. The monoisotopic (exact) mass is 204 g/mol. The van der Waals surface area contributed by atoms with Crippen LogP contribution < -0.4 is 0 Å². The second kappa shape index (κ2) is 3.42. The Bertz CT molecular complexity index is 523. The zero-order valence-corrected chi connectivity index (χ0v) is 8.96. The molecular formula is C12H12O3. The van der Waals surface area contributed by atoms with Crippen molar-refractivity contribution in [2.24, 2.45) is 0 Å². The van der Waals surface area contributed by atoms with E-state index in [1.165, 1.54) is 7.11 Å². The van der Waals surface area contributed by atoms with Gasteiger partial charge in [0.1, 0.15) is 11.3 Å². The molecule has 3 nitrogen and oxygen atoms in total. The summed E-state index contributed by atoms with van der Waals surface area (Å²) in [5.41, 5.74) is 2.42. The van der Waals surface area contributed by atoms with Crippen molar-refractivity contribution in [3.8, 4) is 0 Å². The molecule has 0 saturated carbocycles. The number of rotatable bonds is 1. The van der Waals surface area contributed by atoms with Gasteiger partial charge in [-0.3, -0.25) is 0 Å². The normalized spacial score (nSPS) is 10.6. The first-order valence-corrected chi connectivity index (χ1v) is 4.71. The average molecular weight is 204 g/mol. The molecule has 0 bridgehead atoms. The topological polar surface area (TPSA) is 39.4 Å². The van der Waals surface area contributed by atoms with Crippen molar-refractivity contribution in [1.82, 2.24) is 0 Å². The Balaban J connectivity index is 2.64. The molecule has 1 aromatic heterocycles. The van der Waals surface area contributed by atoms with Crippen LogP contribution in [0.4, 0.5) is 0 Å². The van der Waals surface area contributed by atoms with Crippen LogP contribution in [0.15, 0.2) is 22.6 Å². The third-order valence-electron chi connectivity index (χ3n) is 2.60. The molecule has 15 heavy (non-hydrogen) atoms. The van der Waals surface area contributed by atoms with Crippen molar-refractivity contribution in [3.05, 3.63) is 35.1 Å². The molecule has 0 unspecified atom stereocenters. The van der Waals surface area contributed by atoms with Gasteiger partial charge in [-0.05, 0) is 37.6 Å². The minimum atomic E-state index is -0.324. The van der Waals surface area contributed by atoms with Gasteiger partial charge in [-0.1, -0.05) is 0 Å². The molecule has 0 N–H and O–H groups in total. The van der Waals surface area contributed by atoms with Crippen molar-refractivity contribution in [3.63, 3.8) is 0 Å². The molecule has 1 heterocycles. The van der Waals surface area contributed by atoms with Crippen molar-refractivity contribution < 1.29 is 13.9 Å². The first kappa shape index (κ1) is 9.77. The van der Waals surface area contributed by atoms with Crippen LogP contribution >= 0.6 is 0 Å². The van der Waals surface area contributed by atoms with E-state index in [4.69, 9.17) is 4.42 Å². The number of methoxy groups -OCH3 is 1. The molecule has 0 fully saturated rings. The standard InChI is InChI=1S/C12H12O3/c1-7-8(2)15-11-5-4-9(6-10(7)11)12(13)14-3/h4-6H,1-3H3. The third-order valence-corrected chi connectivity index (χ3v) is 2.60. The molecule has 0 radical (unpaired) electrons. The van der Waals surface area contributed by atoms with Crippen LogP contribution in [-0.2, 0) is 4.74 Å². The first-order valence-electron chi connectivity index (χ1n) is 4.71. The summed E-state index contributed by atoms with van der Waals surface area (Å²) in [6, 6.07) is 5.30. The first-order chi connectivity index (χ1) is 7.13. The van der Waals surface area contributed by atoms with Crippen molar-refractivity contribution >= 4 is 16.9 Å². The number of ether oxygens (including phenoxy) is 1. The molecular weight excluding hydrogens is 192 g/mol. The van der Waals surface area contributed by atoms with Crippen LogP contribution in [0.3, 0.4) is 0 Å².